The Balaban J connectivity index is 1.56. The first-order chi connectivity index (χ1) is 10.2. The normalized spacial score (nSPS) is 18.9. The maximum absolute atomic E-state index is 12.3. The Morgan fingerprint density at radius 2 is 2.48 bits per heavy atom. The van der Waals surface area contributed by atoms with E-state index in [-0.39, 0.29) is 5.91 Å². The zero-order chi connectivity index (χ0) is 14.7. The minimum atomic E-state index is 0.190. The number of carbonyl (C=O) groups is 1. The second-order valence-electron chi connectivity index (χ2n) is 5.16. The predicted octanol–water partition coefficient (Wildman–Crippen LogP) is 3.03. The summed E-state index contributed by atoms with van der Waals surface area (Å²) in [7, 11) is 0. The second-order valence-corrected chi connectivity index (χ2v) is 7.05. The molecule has 1 aliphatic rings. The highest BCUT2D eigenvalue weighted by atomic mass is 32.2. The smallest absolute Gasteiger partial charge is 0.233 e. The predicted molar refractivity (Wildman–Crippen MR) is 85.4 cm³/mol. The molecule has 0 aromatic carbocycles. The van der Waals surface area contributed by atoms with Crippen LogP contribution < -0.4 is 0 Å². The molecule has 0 aliphatic carbocycles. The summed E-state index contributed by atoms with van der Waals surface area (Å²) in [5, 5.41) is 9.74. The first-order valence-corrected chi connectivity index (χ1v) is 8.99. The van der Waals surface area contributed by atoms with Crippen LogP contribution in [0.3, 0.4) is 0 Å². The standard InChI is InChI=1S/C14H18N4OS2/c1-10-5-2-3-7-18(10)12(19)9-21-14-15-13(16-17-14)11-6-4-8-20-11/h4,6,8,10H,2-3,5,7,9H2,1H3,(H,15,16,17)/t10-/m1/s1. The summed E-state index contributed by atoms with van der Waals surface area (Å²) in [5.74, 6) is 1.37. The molecule has 1 N–H and O–H groups in total. The summed E-state index contributed by atoms with van der Waals surface area (Å²) in [5.41, 5.74) is 0. The van der Waals surface area contributed by atoms with Crippen LogP contribution in [0.15, 0.2) is 22.7 Å². The number of hydrogen-bond donors (Lipinski definition) is 1. The number of likely N-dealkylation sites (tertiary alicyclic amines) is 1. The fourth-order valence-electron chi connectivity index (χ4n) is 2.51. The van der Waals surface area contributed by atoms with Gasteiger partial charge in [0.1, 0.15) is 0 Å². The van der Waals surface area contributed by atoms with Gasteiger partial charge < -0.3 is 4.90 Å². The molecule has 1 atom stereocenters. The number of thioether (sulfide) groups is 1. The molecule has 112 valence electrons. The number of amides is 1. The molecule has 2 aromatic rings. The number of aromatic nitrogens is 3. The molecule has 0 unspecified atom stereocenters. The molecule has 3 rings (SSSR count). The number of thiophene rings is 1. The van der Waals surface area contributed by atoms with Gasteiger partial charge in [-0.3, -0.25) is 9.89 Å². The minimum absolute atomic E-state index is 0.190. The van der Waals surface area contributed by atoms with Crippen LogP contribution >= 0.6 is 23.1 Å². The fourth-order valence-corrected chi connectivity index (χ4v) is 3.86. The summed E-state index contributed by atoms with van der Waals surface area (Å²) < 4.78 is 0. The molecule has 21 heavy (non-hydrogen) atoms. The van der Waals surface area contributed by atoms with Crippen LogP contribution in [0, 0.1) is 0 Å². The molecule has 1 saturated heterocycles. The molecule has 1 aliphatic heterocycles. The second kappa shape index (κ2) is 6.62. The van der Waals surface area contributed by atoms with E-state index in [4.69, 9.17) is 0 Å². The summed E-state index contributed by atoms with van der Waals surface area (Å²) in [6.07, 6.45) is 3.45. The number of carbonyl (C=O) groups excluding carboxylic acids is 1. The quantitative estimate of drug-likeness (QED) is 0.879. The molecule has 0 bridgehead atoms. The van der Waals surface area contributed by atoms with Crippen LogP contribution in [0.2, 0.25) is 0 Å². The average Bonchev–Trinajstić information content (AvgIpc) is 3.16. The van der Waals surface area contributed by atoms with E-state index in [1.165, 1.54) is 18.2 Å². The van der Waals surface area contributed by atoms with E-state index in [1.807, 2.05) is 22.4 Å². The highest BCUT2D eigenvalue weighted by Gasteiger charge is 2.23. The number of piperidine rings is 1. The first kappa shape index (κ1) is 14.6. The van der Waals surface area contributed by atoms with Crippen molar-refractivity contribution in [2.45, 2.75) is 37.4 Å². The highest BCUT2D eigenvalue weighted by Crippen LogP contribution is 2.24. The highest BCUT2D eigenvalue weighted by molar-refractivity contribution is 7.99. The lowest BCUT2D eigenvalue weighted by Crippen LogP contribution is -2.42. The summed E-state index contributed by atoms with van der Waals surface area (Å²) in [6, 6.07) is 4.34. The summed E-state index contributed by atoms with van der Waals surface area (Å²) >= 11 is 3.02. The van der Waals surface area contributed by atoms with Gasteiger partial charge in [0.25, 0.3) is 0 Å². The molecule has 0 radical (unpaired) electrons. The van der Waals surface area contributed by atoms with Crippen LogP contribution in [0.1, 0.15) is 26.2 Å². The molecule has 5 nitrogen and oxygen atoms in total. The van der Waals surface area contributed by atoms with E-state index < -0.39 is 0 Å². The Morgan fingerprint density at radius 3 is 3.24 bits per heavy atom. The van der Waals surface area contributed by atoms with Gasteiger partial charge in [0.05, 0.1) is 10.6 Å². The number of nitrogens with one attached hydrogen (secondary N) is 1. The maximum atomic E-state index is 12.3. The van der Waals surface area contributed by atoms with Crippen LogP contribution in [-0.4, -0.2) is 44.3 Å². The monoisotopic (exact) mass is 322 g/mol. The topological polar surface area (TPSA) is 61.9 Å². The third-order valence-electron chi connectivity index (χ3n) is 3.67. The zero-order valence-electron chi connectivity index (χ0n) is 11.9. The Kier molecular flexibility index (Phi) is 4.60. The van der Waals surface area contributed by atoms with Gasteiger partial charge in [0.15, 0.2) is 5.82 Å². The van der Waals surface area contributed by atoms with Crippen molar-refractivity contribution < 1.29 is 4.79 Å². The van der Waals surface area contributed by atoms with Gasteiger partial charge in [0, 0.05) is 12.6 Å². The van der Waals surface area contributed by atoms with Crippen molar-refractivity contribution in [1.82, 2.24) is 20.1 Å². The van der Waals surface area contributed by atoms with E-state index in [9.17, 15) is 4.79 Å². The maximum Gasteiger partial charge on any atom is 0.233 e. The fraction of sp³-hybridized carbons (Fsp3) is 0.500. The lowest BCUT2D eigenvalue weighted by Gasteiger charge is -2.33. The van der Waals surface area contributed by atoms with E-state index >= 15 is 0 Å². The SMILES string of the molecule is C[C@@H]1CCCCN1C(=O)CSc1n[nH]c(-c2cccs2)n1. The van der Waals surface area contributed by atoms with Crippen LogP contribution in [0.5, 0.6) is 0 Å². The van der Waals surface area contributed by atoms with Crippen LogP contribution in [0.4, 0.5) is 0 Å². The van der Waals surface area contributed by atoms with Crippen LogP contribution in [-0.2, 0) is 4.79 Å². The van der Waals surface area contributed by atoms with Crippen molar-refractivity contribution in [3.8, 4) is 10.7 Å². The molecule has 1 fully saturated rings. The van der Waals surface area contributed by atoms with Gasteiger partial charge in [-0.25, -0.2) is 4.98 Å². The number of aromatic amines is 1. The molecule has 0 spiro atoms. The van der Waals surface area contributed by atoms with E-state index in [2.05, 4.69) is 22.1 Å². The van der Waals surface area contributed by atoms with Crippen molar-refractivity contribution >= 4 is 29.0 Å². The van der Waals surface area contributed by atoms with Gasteiger partial charge in [-0.15, -0.1) is 16.4 Å². The summed E-state index contributed by atoms with van der Waals surface area (Å²) in [6.45, 7) is 3.01. The minimum Gasteiger partial charge on any atom is -0.339 e. The Labute approximate surface area is 132 Å². The van der Waals surface area contributed by atoms with E-state index in [0.29, 0.717) is 17.0 Å². The largest absolute Gasteiger partial charge is 0.339 e. The molecule has 1 amide bonds. The third-order valence-corrected chi connectivity index (χ3v) is 5.38. The van der Waals surface area contributed by atoms with Gasteiger partial charge in [-0.05, 0) is 37.6 Å². The van der Waals surface area contributed by atoms with Gasteiger partial charge in [0.2, 0.25) is 11.1 Å². The molecule has 0 saturated carbocycles. The van der Waals surface area contributed by atoms with Crippen molar-refractivity contribution in [2.24, 2.45) is 0 Å². The number of rotatable bonds is 4. The van der Waals surface area contributed by atoms with E-state index in [1.54, 1.807) is 11.3 Å². The molecule has 7 heteroatoms. The average molecular weight is 322 g/mol. The van der Waals surface area contributed by atoms with Crippen LogP contribution in [0.25, 0.3) is 10.7 Å². The van der Waals surface area contributed by atoms with Crippen molar-refractivity contribution in [2.75, 3.05) is 12.3 Å². The van der Waals surface area contributed by atoms with Crippen molar-refractivity contribution in [3.05, 3.63) is 17.5 Å². The number of H-pyrrole nitrogens is 1. The lowest BCUT2D eigenvalue weighted by atomic mass is 10.0. The first-order valence-electron chi connectivity index (χ1n) is 7.12. The van der Waals surface area contributed by atoms with Crippen molar-refractivity contribution in [1.29, 1.82) is 0 Å². The Morgan fingerprint density at radius 1 is 1.57 bits per heavy atom. The molecule has 3 heterocycles. The number of nitrogens with zero attached hydrogens (tertiary/aromatic N) is 3. The molecular weight excluding hydrogens is 304 g/mol. The number of hydrogen-bond acceptors (Lipinski definition) is 5. The van der Waals surface area contributed by atoms with Gasteiger partial charge in [-0.1, -0.05) is 17.8 Å². The Hall–Kier alpha value is -1.34. The van der Waals surface area contributed by atoms with Crippen molar-refractivity contribution in [3.63, 3.8) is 0 Å². The summed E-state index contributed by atoms with van der Waals surface area (Å²) in [4.78, 5) is 19.7. The zero-order valence-corrected chi connectivity index (χ0v) is 13.5. The van der Waals surface area contributed by atoms with E-state index in [0.717, 1.165) is 30.1 Å². The van der Waals surface area contributed by atoms with Gasteiger partial charge >= 0.3 is 0 Å². The lowest BCUT2D eigenvalue weighted by molar-refractivity contribution is -0.131. The third kappa shape index (κ3) is 3.47. The molecular formula is C14H18N4OS2. The Bertz CT molecular complexity index is 596. The van der Waals surface area contributed by atoms with Gasteiger partial charge in [-0.2, -0.15) is 0 Å². The molecule has 2 aromatic heterocycles.